The van der Waals surface area contributed by atoms with Gasteiger partial charge in [-0.25, -0.2) is 19.7 Å². The van der Waals surface area contributed by atoms with Gasteiger partial charge in [-0.15, -0.1) is 23.1 Å². The van der Waals surface area contributed by atoms with Gasteiger partial charge < -0.3 is 9.64 Å². The molecular formula is C26H29N5O3S2. The first-order chi connectivity index (χ1) is 17.6. The summed E-state index contributed by atoms with van der Waals surface area (Å²) in [7, 11) is 0. The van der Waals surface area contributed by atoms with Crippen molar-refractivity contribution >= 4 is 45.3 Å². The molecule has 0 unspecified atom stereocenters. The molecule has 1 saturated carbocycles. The number of thioether (sulfide) groups is 1. The van der Waals surface area contributed by atoms with E-state index in [1.54, 1.807) is 28.0 Å². The van der Waals surface area contributed by atoms with Crippen LogP contribution in [0.2, 0.25) is 0 Å². The lowest BCUT2D eigenvalue weighted by molar-refractivity contribution is 0.0617. The summed E-state index contributed by atoms with van der Waals surface area (Å²) < 4.78 is 6.19. The Hall–Kier alpha value is -2.72. The van der Waals surface area contributed by atoms with E-state index in [4.69, 9.17) is 9.72 Å². The van der Waals surface area contributed by atoms with Crippen molar-refractivity contribution < 1.29 is 14.3 Å². The van der Waals surface area contributed by atoms with Crippen molar-refractivity contribution in [3.8, 4) is 0 Å². The zero-order valence-corrected chi connectivity index (χ0v) is 21.9. The molecule has 2 saturated heterocycles. The number of piperazine rings is 1. The summed E-state index contributed by atoms with van der Waals surface area (Å²) in [6, 6.07) is 5.79. The molecule has 8 nitrogen and oxygen atoms in total. The highest BCUT2D eigenvalue weighted by Crippen LogP contribution is 2.36. The number of aromatic nitrogens is 3. The van der Waals surface area contributed by atoms with E-state index in [-0.39, 0.29) is 18.0 Å². The molecule has 0 N–H and O–H groups in total. The lowest BCUT2D eigenvalue weighted by atomic mass is 9.99. The number of carbonyl (C=O) groups is 2. The van der Waals surface area contributed by atoms with E-state index in [0.29, 0.717) is 43.6 Å². The van der Waals surface area contributed by atoms with Gasteiger partial charge in [0, 0.05) is 55.3 Å². The van der Waals surface area contributed by atoms with Crippen LogP contribution in [-0.4, -0.2) is 75.3 Å². The maximum Gasteiger partial charge on any atom is 0.410 e. The Morgan fingerprint density at radius 3 is 2.78 bits per heavy atom. The molecule has 10 heteroatoms. The third kappa shape index (κ3) is 4.80. The summed E-state index contributed by atoms with van der Waals surface area (Å²) in [6.45, 7) is 1.94. The molecule has 3 aromatic rings. The van der Waals surface area contributed by atoms with Crippen molar-refractivity contribution in [3.05, 3.63) is 47.0 Å². The first-order valence-corrected chi connectivity index (χ1v) is 14.6. The zero-order chi connectivity index (χ0) is 24.6. The van der Waals surface area contributed by atoms with Crippen LogP contribution >= 0.6 is 23.1 Å². The Bertz CT molecular complexity index is 1280. The summed E-state index contributed by atoms with van der Waals surface area (Å²) in [5.41, 5.74) is 1.65. The highest BCUT2D eigenvalue weighted by atomic mass is 32.2. The van der Waals surface area contributed by atoms with Gasteiger partial charge >= 0.3 is 6.09 Å². The predicted molar refractivity (Wildman–Crippen MR) is 139 cm³/mol. The smallest absolute Gasteiger partial charge is 0.410 e. The third-order valence-corrected chi connectivity index (χ3v) is 9.31. The first kappa shape index (κ1) is 23.7. The Kier molecular flexibility index (Phi) is 6.55. The molecule has 2 aromatic heterocycles. The van der Waals surface area contributed by atoms with Gasteiger partial charge in [0.2, 0.25) is 0 Å². The van der Waals surface area contributed by atoms with E-state index in [2.05, 4.69) is 9.97 Å². The van der Waals surface area contributed by atoms with Gasteiger partial charge in [0.05, 0.1) is 21.3 Å². The molecule has 4 heterocycles. The minimum absolute atomic E-state index is 0.0114. The van der Waals surface area contributed by atoms with E-state index < -0.39 is 0 Å². The minimum atomic E-state index is -0.266. The van der Waals surface area contributed by atoms with E-state index >= 15 is 0 Å². The third-order valence-electron chi connectivity index (χ3n) is 7.59. The summed E-state index contributed by atoms with van der Waals surface area (Å²) in [5, 5.41) is 1.15. The van der Waals surface area contributed by atoms with Crippen LogP contribution in [0.25, 0.3) is 10.2 Å². The van der Waals surface area contributed by atoms with E-state index in [9.17, 15) is 9.59 Å². The van der Waals surface area contributed by atoms with Crippen molar-refractivity contribution in [3.63, 3.8) is 0 Å². The predicted octanol–water partition coefficient (Wildman–Crippen LogP) is 4.29. The molecule has 36 heavy (non-hydrogen) atoms. The van der Waals surface area contributed by atoms with Crippen LogP contribution in [0.3, 0.4) is 0 Å². The molecule has 1 aromatic carbocycles. The molecule has 188 valence electrons. The molecule has 0 spiro atoms. The number of hydrogen-bond acceptors (Lipinski definition) is 8. The van der Waals surface area contributed by atoms with Crippen LogP contribution in [0.5, 0.6) is 0 Å². The standard InChI is InChI=1S/C26H29N5O3S2/c1-35-20-12-27-23(28-13-20)9-16-2-3-17(8-16)10-24-29-21-5-4-18(11-22(21)36-24)25(32)30-6-7-31-19(14-30)15-34-26(31)33/h4-5,11-13,16-17,19H,2-3,6-10,14-15H2,1H3/t16-,17-,19-/m0/s1. The van der Waals surface area contributed by atoms with Gasteiger partial charge in [-0.3, -0.25) is 9.69 Å². The second-order valence-corrected chi connectivity index (χ2v) is 12.0. The summed E-state index contributed by atoms with van der Waals surface area (Å²) in [5.74, 6) is 2.23. The Balaban J connectivity index is 1.07. The van der Waals surface area contributed by atoms with E-state index in [1.165, 1.54) is 19.3 Å². The molecule has 2 amide bonds. The second kappa shape index (κ2) is 9.97. The maximum absolute atomic E-state index is 13.2. The van der Waals surface area contributed by atoms with Gasteiger partial charge in [0.1, 0.15) is 12.4 Å². The summed E-state index contributed by atoms with van der Waals surface area (Å²) in [6.07, 6.45) is 11.2. The molecule has 1 aliphatic carbocycles. The normalized spacial score (nSPS) is 23.8. The summed E-state index contributed by atoms with van der Waals surface area (Å²) in [4.78, 5) is 43.5. The average molecular weight is 524 g/mol. The number of fused-ring (bicyclic) bond motifs is 2. The zero-order valence-electron chi connectivity index (χ0n) is 20.3. The van der Waals surface area contributed by atoms with Crippen molar-refractivity contribution in [1.82, 2.24) is 24.8 Å². The van der Waals surface area contributed by atoms with Crippen molar-refractivity contribution in [1.29, 1.82) is 0 Å². The SMILES string of the molecule is CSc1cnc(C[C@H]2CC[C@H](Cc3nc4ccc(C(=O)N5CCN6C(=O)OC[C@@H]6C5)cc4s3)C2)nc1. The van der Waals surface area contributed by atoms with Crippen molar-refractivity contribution in [2.75, 3.05) is 32.5 Å². The van der Waals surface area contributed by atoms with E-state index in [0.717, 1.165) is 38.8 Å². The Morgan fingerprint density at radius 1 is 1.17 bits per heavy atom. The lowest BCUT2D eigenvalue weighted by Crippen LogP contribution is -2.53. The topological polar surface area (TPSA) is 88.5 Å². The fourth-order valence-electron chi connectivity index (χ4n) is 5.66. The number of nitrogens with zero attached hydrogens (tertiary/aromatic N) is 5. The Morgan fingerprint density at radius 2 is 1.97 bits per heavy atom. The van der Waals surface area contributed by atoms with Gasteiger partial charge in [0.25, 0.3) is 5.91 Å². The van der Waals surface area contributed by atoms with Gasteiger partial charge in [-0.2, -0.15) is 0 Å². The second-order valence-electron chi connectivity index (χ2n) is 9.96. The van der Waals surface area contributed by atoms with Crippen LogP contribution in [0.15, 0.2) is 35.5 Å². The monoisotopic (exact) mass is 523 g/mol. The molecular weight excluding hydrogens is 494 g/mol. The number of thiazole rings is 1. The number of carbonyl (C=O) groups excluding carboxylic acids is 2. The highest BCUT2D eigenvalue weighted by Gasteiger charge is 2.39. The molecule has 3 fully saturated rings. The van der Waals surface area contributed by atoms with Gasteiger partial charge in [-0.1, -0.05) is 0 Å². The van der Waals surface area contributed by atoms with Crippen LogP contribution in [-0.2, 0) is 17.6 Å². The van der Waals surface area contributed by atoms with Crippen LogP contribution < -0.4 is 0 Å². The molecule has 3 aliphatic rings. The van der Waals surface area contributed by atoms with Crippen molar-refractivity contribution in [2.45, 2.75) is 43.0 Å². The van der Waals surface area contributed by atoms with Crippen molar-refractivity contribution in [2.24, 2.45) is 11.8 Å². The number of amides is 2. The largest absolute Gasteiger partial charge is 0.447 e. The number of cyclic esters (lactones) is 1. The van der Waals surface area contributed by atoms with Gasteiger partial charge in [0.15, 0.2) is 0 Å². The molecule has 6 rings (SSSR count). The lowest BCUT2D eigenvalue weighted by Gasteiger charge is -2.35. The Labute approximate surface area is 218 Å². The number of rotatable bonds is 6. The molecule has 0 bridgehead atoms. The quantitative estimate of drug-likeness (QED) is 0.446. The number of hydrogen-bond donors (Lipinski definition) is 0. The first-order valence-electron chi connectivity index (χ1n) is 12.5. The van der Waals surface area contributed by atoms with Crippen LogP contribution in [0, 0.1) is 11.8 Å². The van der Waals surface area contributed by atoms with E-state index in [1.807, 2.05) is 41.7 Å². The summed E-state index contributed by atoms with van der Waals surface area (Å²) >= 11 is 3.37. The fourth-order valence-corrected chi connectivity index (χ4v) is 7.09. The molecule has 2 aliphatic heterocycles. The van der Waals surface area contributed by atoms with Crippen LogP contribution in [0.1, 0.15) is 40.5 Å². The highest BCUT2D eigenvalue weighted by molar-refractivity contribution is 7.98. The van der Waals surface area contributed by atoms with Crippen LogP contribution in [0.4, 0.5) is 4.79 Å². The number of benzene rings is 1. The minimum Gasteiger partial charge on any atom is -0.447 e. The average Bonchev–Trinajstić information content (AvgIpc) is 3.62. The fraction of sp³-hybridized carbons (Fsp3) is 0.500. The molecule has 0 radical (unpaired) electrons. The number of ether oxygens (including phenoxy) is 1. The maximum atomic E-state index is 13.2. The van der Waals surface area contributed by atoms with Gasteiger partial charge in [-0.05, 0) is 55.6 Å². The molecule has 3 atom stereocenters.